The minimum Gasteiger partial charge on any atom is -0.396 e. The molecule has 1 aliphatic carbocycles. The molecule has 0 aliphatic heterocycles. The van der Waals surface area contributed by atoms with Gasteiger partial charge in [0.2, 0.25) is 0 Å². The van der Waals surface area contributed by atoms with Crippen molar-refractivity contribution in [2.75, 3.05) is 5.73 Å². The number of anilines is 1. The van der Waals surface area contributed by atoms with Crippen LogP contribution in [0.3, 0.4) is 0 Å². The fraction of sp³-hybridized carbons (Fsp3) is 0.250. The smallest absolute Gasteiger partial charge is 0.172 e. The normalized spacial score (nSPS) is 17.3. The van der Waals surface area contributed by atoms with Crippen LogP contribution in [0.15, 0.2) is 30.5 Å². The minimum absolute atomic E-state index is 0.00144. The molecule has 0 amide bonds. The van der Waals surface area contributed by atoms with Crippen LogP contribution in [0.1, 0.15) is 40.4 Å². The molecule has 1 aliphatic rings. The van der Waals surface area contributed by atoms with E-state index in [0.29, 0.717) is 21.3 Å². The average molecular weight is 321 g/mol. The quantitative estimate of drug-likeness (QED) is 0.664. The predicted molar refractivity (Wildman–Crippen MR) is 85.1 cm³/mol. The highest BCUT2D eigenvalue weighted by Crippen LogP contribution is 2.35. The van der Waals surface area contributed by atoms with Crippen molar-refractivity contribution in [1.29, 1.82) is 0 Å². The monoisotopic (exact) mass is 320 g/mol. The molecule has 0 fully saturated rings. The number of aromatic nitrogens is 1. The van der Waals surface area contributed by atoms with Gasteiger partial charge in [-0.15, -0.1) is 0 Å². The summed E-state index contributed by atoms with van der Waals surface area (Å²) in [7, 11) is 0. The Hall–Kier alpha value is -1.58. The van der Waals surface area contributed by atoms with Crippen LogP contribution in [0.5, 0.6) is 0 Å². The highest BCUT2D eigenvalue weighted by atomic mass is 35.5. The first-order valence-corrected chi connectivity index (χ1v) is 7.56. The molecule has 0 saturated heterocycles. The number of Topliss-reactive ketones (excluding diaryl/α,β-unsaturated/α-hetero) is 1. The van der Waals surface area contributed by atoms with Gasteiger partial charge in [-0.2, -0.15) is 0 Å². The maximum absolute atomic E-state index is 12.8. The second-order valence-electron chi connectivity index (χ2n) is 5.21. The Bertz CT molecular complexity index is 692. The van der Waals surface area contributed by atoms with E-state index in [1.807, 2.05) is 12.1 Å². The van der Waals surface area contributed by atoms with E-state index in [9.17, 15) is 4.79 Å². The van der Waals surface area contributed by atoms with E-state index in [4.69, 9.17) is 28.9 Å². The minimum atomic E-state index is -0.231. The van der Waals surface area contributed by atoms with Crippen molar-refractivity contribution in [3.8, 4) is 0 Å². The summed E-state index contributed by atoms with van der Waals surface area (Å²) in [5.74, 6) is -0.232. The lowest BCUT2D eigenvalue weighted by molar-refractivity contribution is 0.0949. The average Bonchev–Trinajstić information content (AvgIpc) is 2.51. The van der Waals surface area contributed by atoms with Gasteiger partial charge in [-0.25, -0.2) is 0 Å². The van der Waals surface area contributed by atoms with E-state index in [2.05, 4.69) is 4.98 Å². The van der Waals surface area contributed by atoms with E-state index in [-0.39, 0.29) is 11.7 Å². The Labute approximate surface area is 133 Å². The number of hydrogen-bond donors (Lipinski definition) is 1. The van der Waals surface area contributed by atoms with Crippen LogP contribution in [-0.4, -0.2) is 10.8 Å². The Morgan fingerprint density at radius 1 is 1.29 bits per heavy atom. The Morgan fingerprint density at radius 2 is 2.00 bits per heavy atom. The fourth-order valence-corrected chi connectivity index (χ4v) is 3.28. The van der Waals surface area contributed by atoms with Gasteiger partial charge >= 0.3 is 0 Å². The standard InChI is InChI=1S/C16H14Cl2N2O/c17-12-7-10(8-13(18)14(12)19)16(21)11-5-1-3-9-4-2-6-20-15(9)11/h2,4,6-8,11H,1,3,5,19H2. The van der Waals surface area contributed by atoms with Crippen molar-refractivity contribution in [3.05, 3.63) is 57.3 Å². The van der Waals surface area contributed by atoms with Gasteiger partial charge in [0, 0.05) is 11.8 Å². The van der Waals surface area contributed by atoms with Crippen LogP contribution in [0.2, 0.25) is 10.0 Å². The number of fused-ring (bicyclic) bond motifs is 1. The summed E-state index contributed by atoms with van der Waals surface area (Å²) in [5, 5.41) is 0.616. The van der Waals surface area contributed by atoms with Crippen molar-refractivity contribution in [3.63, 3.8) is 0 Å². The SMILES string of the molecule is Nc1c(Cl)cc(C(=O)C2CCCc3cccnc32)cc1Cl. The van der Waals surface area contributed by atoms with Gasteiger partial charge in [0.15, 0.2) is 5.78 Å². The van der Waals surface area contributed by atoms with Gasteiger partial charge in [-0.05, 0) is 43.0 Å². The van der Waals surface area contributed by atoms with Gasteiger partial charge < -0.3 is 5.73 Å². The van der Waals surface area contributed by atoms with Gasteiger partial charge in [-0.1, -0.05) is 29.3 Å². The zero-order chi connectivity index (χ0) is 15.0. The van der Waals surface area contributed by atoms with E-state index in [1.54, 1.807) is 18.3 Å². The lowest BCUT2D eigenvalue weighted by atomic mass is 9.82. The maximum atomic E-state index is 12.8. The van der Waals surface area contributed by atoms with Crippen molar-refractivity contribution in [1.82, 2.24) is 4.98 Å². The summed E-state index contributed by atoms with van der Waals surface area (Å²) in [6, 6.07) is 7.11. The van der Waals surface area contributed by atoms with Crippen LogP contribution < -0.4 is 5.73 Å². The van der Waals surface area contributed by atoms with E-state index >= 15 is 0 Å². The molecule has 1 atom stereocenters. The van der Waals surface area contributed by atoms with Gasteiger partial charge in [0.1, 0.15) is 0 Å². The molecule has 0 bridgehead atoms. The summed E-state index contributed by atoms with van der Waals surface area (Å²) >= 11 is 12.1. The molecule has 0 saturated carbocycles. The number of aryl methyl sites for hydroxylation is 1. The summed E-state index contributed by atoms with van der Waals surface area (Å²) in [6.07, 6.45) is 4.47. The number of pyridine rings is 1. The Morgan fingerprint density at radius 3 is 2.71 bits per heavy atom. The number of nitrogen functional groups attached to an aromatic ring is 1. The zero-order valence-corrected chi connectivity index (χ0v) is 12.8. The molecule has 5 heteroatoms. The van der Waals surface area contributed by atoms with Gasteiger partial charge in [0.05, 0.1) is 27.3 Å². The lowest BCUT2D eigenvalue weighted by Gasteiger charge is -2.23. The molecule has 0 spiro atoms. The molecule has 2 aromatic rings. The lowest BCUT2D eigenvalue weighted by Crippen LogP contribution is -2.20. The number of carbonyl (C=O) groups excluding carboxylic acids is 1. The van der Waals surface area contributed by atoms with Crippen LogP contribution in [0.4, 0.5) is 5.69 Å². The molecule has 2 N–H and O–H groups in total. The summed E-state index contributed by atoms with van der Waals surface area (Å²) in [4.78, 5) is 17.2. The van der Waals surface area contributed by atoms with Crippen LogP contribution in [0, 0.1) is 0 Å². The second-order valence-corrected chi connectivity index (χ2v) is 6.02. The molecule has 3 rings (SSSR count). The van der Waals surface area contributed by atoms with E-state index in [1.165, 1.54) is 0 Å². The van der Waals surface area contributed by atoms with Gasteiger partial charge in [-0.3, -0.25) is 9.78 Å². The largest absolute Gasteiger partial charge is 0.396 e. The Balaban J connectivity index is 2.00. The summed E-state index contributed by atoms with van der Waals surface area (Å²) in [5.41, 5.74) is 8.53. The molecular weight excluding hydrogens is 307 g/mol. The number of halogens is 2. The first-order valence-electron chi connectivity index (χ1n) is 6.80. The molecule has 1 aromatic heterocycles. The van der Waals surface area contributed by atoms with Gasteiger partial charge in [0.25, 0.3) is 0 Å². The number of hydrogen-bond acceptors (Lipinski definition) is 3. The predicted octanol–water partition coefficient (Wildman–Crippen LogP) is 4.27. The Kier molecular flexibility index (Phi) is 3.87. The molecular formula is C16H14Cl2N2O. The van der Waals surface area contributed by atoms with Crippen LogP contribution in [0.25, 0.3) is 0 Å². The number of nitrogens with zero attached hydrogens (tertiary/aromatic N) is 1. The molecule has 108 valence electrons. The summed E-state index contributed by atoms with van der Waals surface area (Å²) < 4.78 is 0. The van der Waals surface area contributed by atoms with Crippen molar-refractivity contribution in [2.24, 2.45) is 0 Å². The van der Waals surface area contributed by atoms with Crippen molar-refractivity contribution >= 4 is 34.7 Å². The van der Waals surface area contributed by atoms with Crippen LogP contribution >= 0.6 is 23.2 Å². The van der Waals surface area contributed by atoms with Crippen LogP contribution in [-0.2, 0) is 6.42 Å². The zero-order valence-electron chi connectivity index (χ0n) is 11.3. The molecule has 1 unspecified atom stereocenters. The highest BCUT2D eigenvalue weighted by molar-refractivity contribution is 6.39. The molecule has 1 heterocycles. The second kappa shape index (κ2) is 5.66. The maximum Gasteiger partial charge on any atom is 0.172 e. The molecule has 3 nitrogen and oxygen atoms in total. The molecule has 0 radical (unpaired) electrons. The fourth-order valence-electron chi connectivity index (χ4n) is 2.79. The van der Waals surface area contributed by atoms with E-state index < -0.39 is 0 Å². The number of carbonyl (C=O) groups is 1. The van der Waals surface area contributed by atoms with E-state index in [0.717, 1.165) is 30.5 Å². The number of benzene rings is 1. The number of rotatable bonds is 2. The van der Waals surface area contributed by atoms with Crippen molar-refractivity contribution in [2.45, 2.75) is 25.2 Å². The first-order chi connectivity index (χ1) is 10.1. The summed E-state index contributed by atoms with van der Waals surface area (Å²) in [6.45, 7) is 0. The molecule has 21 heavy (non-hydrogen) atoms. The molecule has 1 aromatic carbocycles. The third-order valence-electron chi connectivity index (χ3n) is 3.88. The van der Waals surface area contributed by atoms with Crippen molar-refractivity contribution < 1.29 is 4.79 Å². The number of nitrogens with two attached hydrogens (primary N) is 1. The number of ketones is 1. The third kappa shape index (κ3) is 2.63. The third-order valence-corrected chi connectivity index (χ3v) is 4.50. The topological polar surface area (TPSA) is 56.0 Å². The highest BCUT2D eigenvalue weighted by Gasteiger charge is 2.29. The first kappa shape index (κ1) is 14.4.